The van der Waals surface area contributed by atoms with Crippen molar-refractivity contribution >= 4 is 17.8 Å². The maximum absolute atomic E-state index is 12.2. The Balaban J connectivity index is 4.01. The molecule has 0 aliphatic carbocycles. The Morgan fingerprint density at radius 3 is 2.29 bits per heavy atom. The summed E-state index contributed by atoms with van der Waals surface area (Å²) >= 11 is 0. The van der Waals surface area contributed by atoms with Gasteiger partial charge in [0.25, 0.3) is 0 Å². The molecule has 1 unspecified atom stereocenters. The van der Waals surface area contributed by atoms with Gasteiger partial charge in [-0.3, -0.25) is 14.4 Å². The Labute approximate surface area is 170 Å². The number of nitrogens with zero attached hydrogens (tertiary/aromatic N) is 1. The van der Waals surface area contributed by atoms with E-state index in [1.165, 1.54) is 4.90 Å². The number of rotatable bonds is 16. The molecular weight excluding hydrogens is 358 g/mol. The monoisotopic (exact) mass is 399 g/mol. The highest BCUT2D eigenvalue weighted by atomic mass is 16.5. The van der Waals surface area contributed by atoms with Crippen LogP contribution in [0.2, 0.25) is 0 Å². The van der Waals surface area contributed by atoms with Crippen LogP contribution < -0.4 is 11.1 Å². The summed E-state index contributed by atoms with van der Waals surface area (Å²) in [5.41, 5.74) is 5.54. The topological polar surface area (TPSA) is 102 Å². The first kappa shape index (κ1) is 26.4. The highest BCUT2D eigenvalue weighted by Gasteiger charge is 2.26. The van der Waals surface area contributed by atoms with E-state index in [9.17, 15) is 14.4 Å². The number of carbonyl (C=O) groups excluding carboxylic acids is 3. The maximum Gasteiger partial charge on any atom is 0.319 e. The van der Waals surface area contributed by atoms with Crippen molar-refractivity contribution in [2.45, 2.75) is 78.7 Å². The van der Waals surface area contributed by atoms with Gasteiger partial charge in [0.15, 0.2) is 0 Å². The standard InChI is InChI=1S/C21H41N3O4/c1-6-28-20(26)15-23-12-10-8-7-9-11-17(4)14-18(21(22)27)24(5)19(25)13-16(2)3/h16-18,23H,6-15H2,1-5H3,(H2,22,27)/t17-,18?/m1/s1. The van der Waals surface area contributed by atoms with Crippen molar-refractivity contribution in [1.29, 1.82) is 0 Å². The van der Waals surface area contributed by atoms with E-state index in [0.29, 0.717) is 25.4 Å². The molecule has 7 heteroatoms. The molecule has 0 aliphatic rings. The Bertz CT molecular complexity index is 469. The summed E-state index contributed by atoms with van der Waals surface area (Å²) in [4.78, 5) is 36.8. The zero-order chi connectivity index (χ0) is 21.5. The van der Waals surface area contributed by atoms with Gasteiger partial charge in [0.05, 0.1) is 13.2 Å². The van der Waals surface area contributed by atoms with Crippen LogP contribution in [0.4, 0.5) is 0 Å². The zero-order valence-corrected chi connectivity index (χ0v) is 18.5. The lowest BCUT2D eigenvalue weighted by atomic mass is 9.94. The average Bonchev–Trinajstić information content (AvgIpc) is 2.60. The summed E-state index contributed by atoms with van der Waals surface area (Å²) in [5.74, 6) is -0.0842. The average molecular weight is 400 g/mol. The summed E-state index contributed by atoms with van der Waals surface area (Å²) in [7, 11) is 1.68. The van der Waals surface area contributed by atoms with Crippen molar-refractivity contribution in [2.24, 2.45) is 17.6 Å². The second-order valence-corrected chi connectivity index (χ2v) is 8.05. The van der Waals surface area contributed by atoms with Crippen LogP contribution in [0.3, 0.4) is 0 Å². The SMILES string of the molecule is CCOC(=O)CNCCCCCC[C@@H](C)CC(C(N)=O)N(C)C(=O)CC(C)C. The second-order valence-electron chi connectivity index (χ2n) is 8.05. The Hall–Kier alpha value is -1.63. The lowest BCUT2D eigenvalue weighted by Gasteiger charge is -2.28. The first-order chi connectivity index (χ1) is 13.2. The number of primary amides is 1. The summed E-state index contributed by atoms with van der Waals surface area (Å²) < 4.78 is 4.85. The molecule has 0 aromatic rings. The predicted molar refractivity (Wildman–Crippen MR) is 112 cm³/mol. The van der Waals surface area contributed by atoms with Crippen LogP contribution >= 0.6 is 0 Å². The fourth-order valence-corrected chi connectivity index (χ4v) is 3.13. The number of ether oxygens (including phenoxy) is 1. The van der Waals surface area contributed by atoms with Crippen molar-refractivity contribution in [2.75, 3.05) is 26.7 Å². The van der Waals surface area contributed by atoms with Gasteiger partial charge >= 0.3 is 5.97 Å². The van der Waals surface area contributed by atoms with Gasteiger partial charge in [0.1, 0.15) is 6.04 Å². The number of hydrogen-bond donors (Lipinski definition) is 2. The smallest absolute Gasteiger partial charge is 0.319 e. The highest BCUT2D eigenvalue weighted by molar-refractivity contribution is 5.86. The van der Waals surface area contributed by atoms with E-state index in [1.807, 2.05) is 13.8 Å². The molecule has 0 spiro atoms. The molecule has 0 bridgehead atoms. The highest BCUT2D eigenvalue weighted by Crippen LogP contribution is 2.19. The van der Waals surface area contributed by atoms with Crippen LogP contribution in [0, 0.1) is 11.8 Å². The summed E-state index contributed by atoms with van der Waals surface area (Å²) in [6, 6.07) is -0.534. The molecule has 0 saturated heterocycles. The largest absolute Gasteiger partial charge is 0.465 e. The van der Waals surface area contributed by atoms with E-state index in [4.69, 9.17) is 10.5 Å². The van der Waals surface area contributed by atoms with Crippen molar-refractivity contribution in [1.82, 2.24) is 10.2 Å². The van der Waals surface area contributed by atoms with Gasteiger partial charge < -0.3 is 20.7 Å². The van der Waals surface area contributed by atoms with E-state index < -0.39 is 11.9 Å². The third-order valence-corrected chi connectivity index (χ3v) is 4.77. The number of likely N-dealkylation sites (N-methyl/N-ethyl adjacent to an activating group) is 1. The normalized spacial score (nSPS) is 13.2. The van der Waals surface area contributed by atoms with E-state index >= 15 is 0 Å². The number of esters is 1. The third-order valence-electron chi connectivity index (χ3n) is 4.77. The van der Waals surface area contributed by atoms with Gasteiger partial charge in [-0.2, -0.15) is 0 Å². The van der Waals surface area contributed by atoms with Crippen molar-refractivity contribution < 1.29 is 19.1 Å². The maximum atomic E-state index is 12.2. The summed E-state index contributed by atoms with van der Waals surface area (Å²) in [6.07, 6.45) is 6.34. The van der Waals surface area contributed by atoms with Crippen molar-refractivity contribution in [3.05, 3.63) is 0 Å². The zero-order valence-electron chi connectivity index (χ0n) is 18.5. The van der Waals surface area contributed by atoms with Crippen molar-refractivity contribution in [3.63, 3.8) is 0 Å². The fourth-order valence-electron chi connectivity index (χ4n) is 3.13. The van der Waals surface area contributed by atoms with Gasteiger partial charge in [-0.15, -0.1) is 0 Å². The van der Waals surface area contributed by atoms with E-state index in [-0.39, 0.29) is 24.3 Å². The molecule has 164 valence electrons. The van der Waals surface area contributed by atoms with Gasteiger partial charge in [-0.1, -0.05) is 46.5 Å². The van der Waals surface area contributed by atoms with E-state index in [0.717, 1.165) is 38.6 Å². The molecule has 7 nitrogen and oxygen atoms in total. The number of carbonyl (C=O) groups is 3. The summed E-state index contributed by atoms with van der Waals surface area (Å²) in [6.45, 7) is 9.37. The van der Waals surface area contributed by atoms with Gasteiger partial charge in [0.2, 0.25) is 11.8 Å². The van der Waals surface area contributed by atoms with Crippen LogP contribution in [-0.4, -0.2) is 55.5 Å². The van der Waals surface area contributed by atoms with Crippen molar-refractivity contribution in [3.8, 4) is 0 Å². The van der Waals surface area contributed by atoms with Gasteiger partial charge in [0, 0.05) is 13.5 Å². The van der Waals surface area contributed by atoms with Crippen LogP contribution in [0.1, 0.15) is 72.6 Å². The molecule has 0 rings (SSSR count). The molecule has 0 aromatic heterocycles. The summed E-state index contributed by atoms with van der Waals surface area (Å²) in [5, 5.41) is 3.08. The molecular formula is C21H41N3O4. The molecule has 0 fully saturated rings. The quantitative estimate of drug-likeness (QED) is 0.307. The van der Waals surface area contributed by atoms with Crippen LogP contribution in [0.25, 0.3) is 0 Å². The molecule has 28 heavy (non-hydrogen) atoms. The van der Waals surface area contributed by atoms with E-state index in [1.54, 1.807) is 14.0 Å². The first-order valence-corrected chi connectivity index (χ1v) is 10.6. The molecule has 0 aliphatic heterocycles. The molecule has 0 radical (unpaired) electrons. The lowest BCUT2D eigenvalue weighted by molar-refractivity contribution is -0.142. The minimum Gasteiger partial charge on any atom is -0.465 e. The Morgan fingerprint density at radius 2 is 1.71 bits per heavy atom. The predicted octanol–water partition coefficient (Wildman–Crippen LogP) is 2.47. The second kappa shape index (κ2) is 15.3. The van der Waals surface area contributed by atoms with Crippen LogP contribution in [0.5, 0.6) is 0 Å². The molecule has 2 amide bonds. The molecule has 3 N–H and O–H groups in total. The number of nitrogens with one attached hydrogen (secondary N) is 1. The third kappa shape index (κ3) is 12.7. The molecule has 0 saturated carbocycles. The lowest BCUT2D eigenvalue weighted by Crippen LogP contribution is -2.46. The number of nitrogens with two attached hydrogens (primary N) is 1. The van der Waals surface area contributed by atoms with Gasteiger partial charge in [-0.05, 0) is 38.1 Å². The Kier molecular flexibility index (Phi) is 14.4. The van der Waals surface area contributed by atoms with Crippen LogP contribution in [-0.2, 0) is 19.1 Å². The number of unbranched alkanes of at least 4 members (excludes halogenated alkanes) is 3. The minimum absolute atomic E-state index is 0.0266. The van der Waals surface area contributed by atoms with Gasteiger partial charge in [-0.25, -0.2) is 0 Å². The molecule has 0 aromatic carbocycles. The van der Waals surface area contributed by atoms with Crippen LogP contribution in [0.15, 0.2) is 0 Å². The number of hydrogen-bond acceptors (Lipinski definition) is 5. The Morgan fingerprint density at radius 1 is 1.07 bits per heavy atom. The molecule has 0 heterocycles. The first-order valence-electron chi connectivity index (χ1n) is 10.6. The molecule has 2 atom stereocenters. The van der Waals surface area contributed by atoms with E-state index in [2.05, 4.69) is 12.2 Å². The number of amides is 2. The fraction of sp³-hybridized carbons (Fsp3) is 0.857. The minimum atomic E-state index is -0.534.